The number of carbonyl (C=O) groups is 4. The van der Waals surface area contributed by atoms with E-state index in [-0.39, 0.29) is 12.5 Å². The van der Waals surface area contributed by atoms with E-state index >= 15 is 0 Å². The number of methoxy groups -OCH3 is 1. The third-order valence-electron chi connectivity index (χ3n) is 6.15. The number of esters is 4. The van der Waals surface area contributed by atoms with Gasteiger partial charge in [0.1, 0.15) is 18.5 Å². The third-order valence-corrected chi connectivity index (χ3v) is 6.15. The van der Waals surface area contributed by atoms with E-state index in [4.69, 9.17) is 33.2 Å². The van der Waals surface area contributed by atoms with E-state index < -0.39 is 54.6 Å². The van der Waals surface area contributed by atoms with Crippen LogP contribution >= 0.6 is 0 Å². The van der Waals surface area contributed by atoms with Crippen LogP contribution in [0.25, 0.3) is 0 Å². The summed E-state index contributed by atoms with van der Waals surface area (Å²) in [6, 6.07) is 9.41. The molecule has 5 atom stereocenters. The molecular formula is C29H35NO11. The van der Waals surface area contributed by atoms with Crippen molar-refractivity contribution in [3.05, 3.63) is 52.7 Å². The largest absolute Gasteiger partial charge is 0.497 e. The zero-order valence-electron chi connectivity index (χ0n) is 24.1. The van der Waals surface area contributed by atoms with Gasteiger partial charge in [-0.3, -0.25) is 19.2 Å². The third kappa shape index (κ3) is 8.65. The van der Waals surface area contributed by atoms with Crippen LogP contribution in [0.5, 0.6) is 11.6 Å². The van der Waals surface area contributed by atoms with Gasteiger partial charge in [0.15, 0.2) is 12.2 Å². The molecule has 3 rings (SSSR count). The molecule has 1 aromatic heterocycles. The van der Waals surface area contributed by atoms with Crippen molar-refractivity contribution in [1.29, 1.82) is 0 Å². The van der Waals surface area contributed by atoms with Crippen LogP contribution in [0.15, 0.2) is 30.3 Å². The minimum absolute atomic E-state index is 0.194. The molecule has 2 aromatic rings. The fourth-order valence-electron chi connectivity index (χ4n) is 4.48. The Labute approximate surface area is 238 Å². The van der Waals surface area contributed by atoms with Gasteiger partial charge in [-0.05, 0) is 43.2 Å². The van der Waals surface area contributed by atoms with E-state index in [2.05, 4.69) is 4.98 Å². The summed E-state index contributed by atoms with van der Waals surface area (Å²) in [6.45, 7) is 8.02. The summed E-state index contributed by atoms with van der Waals surface area (Å²) in [4.78, 5) is 52.4. The highest BCUT2D eigenvalue weighted by molar-refractivity contribution is 5.68. The van der Waals surface area contributed by atoms with Gasteiger partial charge in [0.25, 0.3) is 0 Å². The molecule has 1 saturated heterocycles. The fourth-order valence-corrected chi connectivity index (χ4v) is 4.48. The van der Waals surface area contributed by atoms with Crippen LogP contribution in [0.3, 0.4) is 0 Å². The average Bonchev–Trinajstić information content (AvgIpc) is 2.88. The number of hydrogen-bond donors (Lipinski definition) is 0. The smallest absolute Gasteiger partial charge is 0.303 e. The molecular weight excluding hydrogens is 538 g/mol. The van der Waals surface area contributed by atoms with Gasteiger partial charge in [0.2, 0.25) is 18.3 Å². The van der Waals surface area contributed by atoms with Crippen LogP contribution < -0.4 is 9.47 Å². The molecule has 0 spiro atoms. The Kier molecular flexibility index (Phi) is 10.6. The molecule has 0 N–H and O–H groups in total. The summed E-state index contributed by atoms with van der Waals surface area (Å²) in [6.07, 6.45) is -6.10. The lowest BCUT2D eigenvalue weighted by molar-refractivity contribution is -0.289. The van der Waals surface area contributed by atoms with Crippen LogP contribution in [0, 0.1) is 13.8 Å². The SMILES string of the molecule is COc1ccc(Cc2c(C)cc(C)nc2O[C@@H]2O[C@H](COC(C)=O)[C@@H](OC(C)=O)[C@H](OC(C)=O)[C@H]2OC(C)=O)cc1. The molecule has 1 aromatic carbocycles. The number of ether oxygens (including phenoxy) is 7. The number of aromatic nitrogens is 1. The molecule has 0 radical (unpaired) electrons. The standard InChI is InChI=1S/C29H35NO11/c1-15-12-16(2)30-28(23(15)13-21-8-10-22(35-7)11-9-21)41-29-27(39-20(6)34)26(38-19(5)33)25(37-18(4)32)24(40-29)14-36-17(3)31/h8-12,24-27,29H,13-14H2,1-7H3/t24-,25-,26+,27-,29+/m1/s1. The lowest BCUT2D eigenvalue weighted by atomic mass is 9.97. The number of carbonyl (C=O) groups excluding carboxylic acids is 4. The lowest BCUT2D eigenvalue weighted by Gasteiger charge is -2.43. The van der Waals surface area contributed by atoms with Gasteiger partial charge in [0.05, 0.1) is 7.11 Å². The van der Waals surface area contributed by atoms with Crippen molar-refractivity contribution in [2.24, 2.45) is 0 Å². The monoisotopic (exact) mass is 573 g/mol. The highest BCUT2D eigenvalue weighted by Gasteiger charge is 2.53. The zero-order valence-corrected chi connectivity index (χ0v) is 24.1. The number of aryl methyl sites for hydroxylation is 2. The van der Waals surface area contributed by atoms with Crippen LogP contribution in [-0.2, 0) is 49.3 Å². The average molecular weight is 574 g/mol. The van der Waals surface area contributed by atoms with E-state index in [0.717, 1.165) is 37.5 Å². The van der Waals surface area contributed by atoms with Crippen molar-refractivity contribution in [1.82, 2.24) is 4.98 Å². The van der Waals surface area contributed by atoms with Crippen LogP contribution in [0.1, 0.15) is 50.1 Å². The summed E-state index contributed by atoms with van der Waals surface area (Å²) in [7, 11) is 1.59. The van der Waals surface area contributed by atoms with Gasteiger partial charge < -0.3 is 33.2 Å². The normalized spacial score (nSPS) is 21.8. The molecule has 41 heavy (non-hydrogen) atoms. The van der Waals surface area contributed by atoms with Crippen LogP contribution in [-0.4, -0.2) is 73.3 Å². The topological polar surface area (TPSA) is 146 Å². The highest BCUT2D eigenvalue weighted by Crippen LogP contribution is 2.33. The maximum Gasteiger partial charge on any atom is 0.303 e. The van der Waals surface area contributed by atoms with Crippen molar-refractivity contribution in [2.75, 3.05) is 13.7 Å². The van der Waals surface area contributed by atoms with Gasteiger partial charge in [-0.15, -0.1) is 0 Å². The number of rotatable bonds is 10. The molecule has 222 valence electrons. The Morgan fingerprint density at radius 3 is 1.98 bits per heavy atom. The Bertz CT molecular complexity index is 1260. The Morgan fingerprint density at radius 1 is 0.829 bits per heavy atom. The summed E-state index contributed by atoms with van der Waals surface area (Å²) in [5.74, 6) is -1.89. The van der Waals surface area contributed by atoms with E-state index in [1.165, 1.54) is 6.92 Å². The van der Waals surface area contributed by atoms with E-state index in [0.29, 0.717) is 17.9 Å². The van der Waals surface area contributed by atoms with Crippen molar-refractivity contribution in [2.45, 2.75) is 78.7 Å². The molecule has 0 bridgehead atoms. The number of nitrogens with zero attached hydrogens (tertiary/aromatic N) is 1. The van der Waals surface area contributed by atoms with Crippen molar-refractivity contribution < 1.29 is 52.3 Å². The van der Waals surface area contributed by atoms with Crippen molar-refractivity contribution in [3.63, 3.8) is 0 Å². The molecule has 0 unspecified atom stereocenters. The number of pyridine rings is 1. The van der Waals surface area contributed by atoms with Crippen molar-refractivity contribution >= 4 is 23.9 Å². The summed E-state index contributed by atoms with van der Waals surface area (Å²) in [5, 5.41) is 0. The van der Waals surface area contributed by atoms with Crippen LogP contribution in [0.2, 0.25) is 0 Å². The second-order valence-corrected chi connectivity index (χ2v) is 9.57. The van der Waals surface area contributed by atoms with E-state index in [1.807, 2.05) is 37.3 Å². The molecule has 12 heteroatoms. The minimum atomic E-state index is -1.39. The van der Waals surface area contributed by atoms with Gasteiger partial charge in [-0.2, -0.15) is 0 Å². The van der Waals surface area contributed by atoms with Gasteiger partial charge in [0, 0.05) is 45.4 Å². The lowest BCUT2D eigenvalue weighted by Crippen LogP contribution is -2.63. The predicted molar refractivity (Wildman–Crippen MR) is 142 cm³/mol. The Hall–Kier alpha value is -4.19. The second kappa shape index (κ2) is 13.9. The Morgan fingerprint density at radius 2 is 1.41 bits per heavy atom. The maximum atomic E-state index is 12.2. The van der Waals surface area contributed by atoms with E-state index in [1.54, 1.807) is 14.0 Å². The fraction of sp³-hybridized carbons (Fsp3) is 0.483. The molecule has 2 heterocycles. The first-order valence-corrected chi connectivity index (χ1v) is 12.9. The van der Waals surface area contributed by atoms with Gasteiger partial charge in [-0.1, -0.05) is 12.1 Å². The highest BCUT2D eigenvalue weighted by atomic mass is 16.7. The molecule has 12 nitrogen and oxygen atoms in total. The number of hydrogen-bond acceptors (Lipinski definition) is 12. The molecule has 1 aliphatic rings. The second-order valence-electron chi connectivity index (χ2n) is 9.57. The quantitative estimate of drug-likeness (QED) is 0.304. The summed E-state index contributed by atoms with van der Waals surface area (Å²) in [5.41, 5.74) is 3.22. The van der Waals surface area contributed by atoms with Crippen LogP contribution in [0.4, 0.5) is 0 Å². The zero-order chi connectivity index (χ0) is 30.3. The maximum absolute atomic E-state index is 12.2. The van der Waals surface area contributed by atoms with E-state index in [9.17, 15) is 19.2 Å². The first-order chi connectivity index (χ1) is 19.4. The predicted octanol–water partition coefficient (Wildman–Crippen LogP) is 2.76. The molecule has 1 fully saturated rings. The molecule has 0 saturated carbocycles. The summed E-state index contributed by atoms with van der Waals surface area (Å²) < 4.78 is 39.2. The van der Waals surface area contributed by atoms with Gasteiger partial charge >= 0.3 is 23.9 Å². The molecule has 0 amide bonds. The number of benzene rings is 1. The molecule has 1 aliphatic heterocycles. The van der Waals surface area contributed by atoms with Gasteiger partial charge in [-0.25, -0.2) is 4.98 Å². The summed E-state index contributed by atoms with van der Waals surface area (Å²) >= 11 is 0. The first-order valence-electron chi connectivity index (χ1n) is 12.9. The Balaban J connectivity index is 2.06. The first kappa shape index (κ1) is 31.3. The van der Waals surface area contributed by atoms with Crippen molar-refractivity contribution in [3.8, 4) is 11.6 Å². The molecule has 0 aliphatic carbocycles. The minimum Gasteiger partial charge on any atom is -0.497 e.